The van der Waals surface area contributed by atoms with Crippen molar-refractivity contribution in [2.24, 2.45) is 0 Å². The van der Waals surface area contributed by atoms with Crippen molar-refractivity contribution in [1.82, 2.24) is 4.98 Å². The highest BCUT2D eigenvalue weighted by atomic mass is 35.5. The number of halogens is 4. The lowest BCUT2D eigenvalue weighted by Crippen LogP contribution is -2.25. The number of nitrogens with zero attached hydrogens (tertiary/aromatic N) is 1. The molecule has 3 aromatic rings. The van der Waals surface area contributed by atoms with Crippen LogP contribution in [0.25, 0.3) is 6.08 Å². The van der Waals surface area contributed by atoms with Crippen LogP contribution in [-0.2, 0) is 15.8 Å². The molecule has 0 saturated heterocycles. The first kappa shape index (κ1) is 25.0. The average molecular weight is 488 g/mol. The van der Waals surface area contributed by atoms with Gasteiger partial charge < -0.3 is 10.6 Å². The number of nitrogens with one attached hydrogen (secondary N) is 2. The number of anilines is 2. The van der Waals surface area contributed by atoms with E-state index >= 15 is 0 Å². The van der Waals surface area contributed by atoms with E-state index in [-0.39, 0.29) is 16.4 Å². The SMILES string of the molecule is CC(C)c1ccc(/C=C(\C(=O)Nc2cccc(C(F)(F)F)c2)C(=O)Nc2ccnc(Cl)c2)cc1. The fourth-order valence-electron chi connectivity index (χ4n) is 3.03. The zero-order valence-corrected chi connectivity index (χ0v) is 19.0. The number of pyridine rings is 1. The molecule has 0 unspecified atom stereocenters. The van der Waals surface area contributed by atoms with Crippen LogP contribution >= 0.6 is 11.6 Å². The van der Waals surface area contributed by atoms with Crippen molar-refractivity contribution in [2.75, 3.05) is 10.6 Å². The van der Waals surface area contributed by atoms with Crippen molar-refractivity contribution in [3.8, 4) is 0 Å². The van der Waals surface area contributed by atoms with E-state index in [0.29, 0.717) is 17.2 Å². The number of benzene rings is 2. The van der Waals surface area contributed by atoms with E-state index < -0.39 is 23.6 Å². The summed E-state index contributed by atoms with van der Waals surface area (Å²) in [7, 11) is 0. The van der Waals surface area contributed by atoms with E-state index in [9.17, 15) is 22.8 Å². The molecule has 2 N–H and O–H groups in total. The first-order valence-electron chi connectivity index (χ1n) is 10.3. The minimum atomic E-state index is -4.57. The van der Waals surface area contributed by atoms with Crippen LogP contribution in [0.2, 0.25) is 5.15 Å². The van der Waals surface area contributed by atoms with Crippen LogP contribution in [0, 0.1) is 0 Å². The molecule has 1 aromatic heterocycles. The predicted molar refractivity (Wildman–Crippen MR) is 126 cm³/mol. The Morgan fingerprint density at radius 1 is 0.941 bits per heavy atom. The highest BCUT2D eigenvalue weighted by Crippen LogP contribution is 2.31. The third-order valence-electron chi connectivity index (χ3n) is 4.84. The number of hydrogen-bond donors (Lipinski definition) is 2. The van der Waals surface area contributed by atoms with Crippen LogP contribution in [0.15, 0.2) is 72.4 Å². The van der Waals surface area contributed by atoms with Crippen LogP contribution in [0.5, 0.6) is 0 Å². The smallest absolute Gasteiger partial charge is 0.322 e. The number of carbonyl (C=O) groups excluding carboxylic acids is 2. The van der Waals surface area contributed by atoms with Crippen molar-refractivity contribution >= 4 is 40.9 Å². The molecule has 0 atom stereocenters. The Bertz CT molecular complexity index is 1220. The molecule has 0 aliphatic heterocycles. The van der Waals surface area contributed by atoms with Gasteiger partial charge in [0.15, 0.2) is 0 Å². The van der Waals surface area contributed by atoms with Gasteiger partial charge in [0.1, 0.15) is 10.7 Å². The highest BCUT2D eigenvalue weighted by Gasteiger charge is 2.30. The summed E-state index contributed by atoms with van der Waals surface area (Å²) in [5.74, 6) is -1.34. The first-order valence-corrected chi connectivity index (χ1v) is 10.6. The Morgan fingerprint density at radius 3 is 2.12 bits per heavy atom. The molecule has 9 heteroatoms. The maximum Gasteiger partial charge on any atom is 0.416 e. The molecule has 0 aliphatic rings. The van der Waals surface area contributed by atoms with Crippen molar-refractivity contribution in [3.63, 3.8) is 0 Å². The van der Waals surface area contributed by atoms with Crippen LogP contribution in [0.1, 0.15) is 36.5 Å². The minimum absolute atomic E-state index is 0.0966. The van der Waals surface area contributed by atoms with Gasteiger partial charge in [0.05, 0.1) is 5.56 Å². The lowest BCUT2D eigenvalue weighted by molar-refractivity contribution is -0.137. The summed E-state index contributed by atoms with van der Waals surface area (Å²) in [5, 5.41) is 5.08. The summed E-state index contributed by atoms with van der Waals surface area (Å²) in [4.78, 5) is 29.8. The number of alkyl halides is 3. The lowest BCUT2D eigenvalue weighted by Gasteiger charge is -2.12. The van der Waals surface area contributed by atoms with Gasteiger partial charge in [-0.05, 0) is 53.5 Å². The number of aromatic nitrogens is 1. The zero-order valence-electron chi connectivity index (χ0n) is 18.3. The van der Waals surface area contributed by atoms with Crippen molar-refractivity contribution in [1.29, 1.82) is 0 Å². The Balaban J connectivity index is 1.93. The standard InChI is InChI=1S/C25H21ClF3N3O2/c1-15(2)17-8-6-16(7-9-17)12-21(24(34)32-20-10-11-30-22(26)14-20)23(33)31-19-5-3-4-18(13-19)25(27,28)29/h3-15H,1-2H3,(H,31,33)(H,30,32,34)/b21-12+. The number of hydrogen-bond acceptors (Lipinski definition) is 3. The van der Waals surface area contributed by atoms with Gasteiger partial charge in [-0.15, -0.1) is 0 Å². The lowest BCUT2D eigenvalue weighted by atomic mass is 10.0. The maximum atomic E-state index is 13.0. The Labute approximate surface area is 199 Å². The van der Waals surface area contributed by atoms with Gasteiger partial charge in [0.2, 0.25) is 0 Å². The van der Waals surface area contributed by atoms with E-state index in [1.165, 1.54) is 36.5 Å². The average Bonchev–Trinajstić information content (AvgIpc) is 2.77. The highest BCUT2D eigenvalue weighted by molar-refractivity contribution is 6.30. The van der Waals surface area contributed by atoms with Gasteiger partial charge in [0, 0.05) is 17.6 Å². The molecule has 0 fully saturated rings. The number of carbonyl (C=O) groups is 2. The monoisotopic (exact) mass is 487 g/mol. The van der Waals surface area contributed by atoms with Gasteiger partial charge in [-0.25, -0.2) is 4.98 Å². The molecule has 0 spiro atoms. The molecule has 5 nitrogen and oxygen atoms in total. The minimum Gasteiger partial charge on any atom is -0.322 e. The summed E-state index contributed by atoms with van der Waals surface area (Å²) in [6.45, 7) is 4.07. The van der Waals surface area contributed by atoms with E-state index in [2.05, 4.69) is 15.6 Å². The molecule has 2 aromatic carbocycles. The van der Waals surface area contributed by atoms with Crippen molar-refractivity contribution < 1.29 is 22.8 Å². The van der Waals surface area contributed by atoms with Gasteiger partial charge in [-0.1, -0.05) is 55.8 Å². The third kappa shape index (κ3) is 6.68. The summed E-state index contributed by atoms with van der Waals surface area (Å²) in [5.41, 5.74) is 0.627. The Kier molecular flexibility index (Phi) is 7.73. The van der Waals surface area contributed by atoms with Crippen LogP contribution in [-0.4, -0.2) is 16.8 Å². The van der Waals surface area contributed by atoms with E-state index in [1.807, 2.05) is 26.0 Å². The van der Waals surface area contributed by atoms with Gasteiger partial charge in [-0.2, -0.15) is 13.2 Å². The number of amides is 2. The molecule has 0 radical (unpaired) electrons. The summed E-state index contributed by atoms with van der Waals surface area (Å²) in [6.07, 6.45) is -1.82. The second-order valence-electron chi connectivity index (χ2n) is 7.73. The topological polar surface area (TPSA) is 71.1 Å². The molecular formula is C25H21ClF3N3O2. The van der Waals surface area contributed by atoms with Gasteiger partial charge in [-0.3, -0.25) is 9.59 Å². The van der Waals surface area contributed by atoms with Crippen molar-refractivity contribution in [2.45, 2.75) is 25.9 Å². The summed E-state index contributed by atoms with van der Waals surface area (Å²) >= 11 is 5.85. The van der Waals surface area contributed by atoms with E-state index in [4.69, 9.17) is 11.6 Å². The normalized spacial score (nSPS) is 11.9. The van der Waals surface area contributed by atoms with Crippen LogP contribution in [0.3, 0.4) is 0 Å². The first-order chi connectivity index (χ1) is 16.0. The largest absolute Gasteiger partial charge is 0.416 e. The second-order valence-corrected chi connectivity index (χ2v) is 8.12. The van der Waals surface area contributed by atoms with Gasteiger partial charge in [0.25, 0.3) is 11.8 Å². The Hall–Kier alpha value is -3.65. The molecular weight excluding hydrogens is 467 g/mol. The summed E-state index contributed by atoms with van der Waals surface area (Å²) in [6, 6.07) is 14.3. The molecule has 0 bridgehead atoms. The van der Waals surface area contributed by atoms with E-state index in [0.717, 1.165) is 17.7 Å². The quantitative estimate of drug-likeness (QED) is 0.179. The molecule has 3 rings (SSSR count). The molecule has 0 saturated carbocycles. The van der Waals surface area contributed by atoms with E-state index in [1.54, 1.807) is 12.1 Å². The molecule has 0 aliphatic carbocycles. The zero-order chi connectivity index (χ0) is 24.9. The maximum absolute atomic E-state index is 13.0. The number of rotatable bonds is 6. The Morgan fingerprint density at radius 2 is 1.56 bits per heavy atom. The molecule has 1 heterocycles. The van der Waals surface area contributed by atoms with Crippen LogP contribution < -0.4 is 10.6 Å². The second kappa shape index (κ2) is 10.5. The predicted octanol–water partition coefficient (Wildman–Crippen LogP) is 6.54. The molecule has 34 heavy (non-hydrogen) atoms. The fourth-order valence-corrected chi connectivity index (χ4v) is 3.20. The summed E-state index contributed by atoms with van der Waals surface area (Å²) < 4.78 is 39.1. The van der Waals surface area contributed by atoms with Crippen LogP contribution in [0.4, 0.5) is 24.5 Å². The molecule has 176 valence electrons. The fraction of sp³-hybridized carbons (Fsp3) is 0.160. The van der Waals surface area contributed by atoms with Crippen molar-refractivity contribution in [3.05, 3.63) is 94.3 Å². The molecule has 2 amide bonds. The third-order valence-corrected chi connectivity index (χ3v) is 5.04. The van der Waals surface area contributed by atoms with Gasteiger partial charge >= 0.3 is 6.18 Å².